The van der Waals surface area contributed by atoms with Crippen molar-refractivity contribution in [2.45, 2.75) is 6.92 Å². The van der Waals surface area contributed by atoms with Crippen molar-refractivity contribution in [3.05, 3.63) is 51.8 Å². The normalized spacial score (nSPS) is 10.4. The quantitative estimate of drug-likeness (QED) is 0.780. The molecule has 2 rings (SSSR count). The van der Waals surface area contributed by atoms with Crippen LogP contribution < -0.4 is 11.1 Å². The predicted molar refractivity (Wildman–Crippen MR) is 75.3 cm³/mol. The lowest BCUT2D eigenvalue weighted by Crippen LogP contribution is -1.95. The van der Waals surface area contributed by atoms with Crippen LogP contribution in [0.15, 0.2) is 30.3 Å². The summed E-state index contributed by atoms with van der Waals surface area (Å²) in [5.41, 5.74) is 7.92. The lowest BCUT2D eigenvalue weighted by molar-refractivity contribution is 0.619. The lowest BCUT2D eigenvalue weighted by Gasteiger charge is -2.12. The first-order chi connectivity index (χ1) is 8.47. The average molecular weight is 285 g/mol. The molecule has 2 aromatic carbocycles. The minimum absolute atomic E-state index is 0.255. The molecule has 0 spiro atoms. The molecule has 0 radical (unpaired) electrons. The van der Waals surface area contributed by atoms with Crippen molar-refractivity contribution in [1.29, 1.82) is 0 Å². The zero-order valence-electron chi connectivity index (χ0n) is 9.60. The van der Waals surface area contributed by atoms with E-state index in [4.69, 9.17) is 28.9 Å². The van der Waals surface area contributed by atoms with E-state index in [0.717, 1.165) is 0 Å². The molecule has 2 aromatic rings. The molecular weight excluding hydrogens is 274 g/mol. The van der Waals surface area contributed by atoms with Crippen molar-refractivity contribution < 1.29 is 4.39 Å². The highest BCUT2D eigenvalue weighted by Crippen LogP contribution is 2.35. The van der Waals surface area contributed by atoms with E-state index in [1.807, 2.05) is 0 Å². The van der Waals surface area contributed by atoms with Crippen molar-refractivity contribution in [3.8, 4) is 0 Å². The third kappa shape index (κ3) is 2.68. The second kappa shape index (κ2) is 5.04. The SMILES string of the molecule is Cc1cc(Nc2c(Cl)cc(N)cc2Cl)ccc1F. The van der Waals surface area contributed by atoms with Gasteiger partial charge in [-0.15, -0.1) is 0 Å². The first-order valence-corrected chi connectivity index (χ1v) is 6.00. The van der Waals surface area contributed by atoms with Crippen LogP contribution in [0.2, 0.25) is 10.0 Å². The molecule has 0 unspecified atom stereocenters. The van der Waals surface area contributed by atoms with Gasteiger partial charge >= 0.3 is 0 Å². The number of hydrogen-bond donors (Lipinski definition) is 2. The van der Waals surface area contributed by atoms with Crippen molar-refractivity contribution in [1.82, 2.24) is 0 Å². The van der Waals surface area contributed by atoms with Crippen LogP contribution in [0.5, 0.6) is 0 Å². The van der Waals surface area contributed by atoms with Crippen molar-refractivity contribution in [2.75, 3.05) is 11.1 Å². The standard InChI is InChI=1S/C13H11Cl2FN2/c1-7-4-9(2-3-12(7)16)18-13-10(14)5-8(17)6-11(13)15/h2-6,18H,17H2,1H3. The second-order valence-corrected chi connectivity index (χ2v) is 4.76. The number of nitrogen functional groups attached to an aromatic ring is 1. The van der Waals surface area contributed by atoms with E-state index < -0.39 is 0 Å². The van der Waals surface area contributed by atoms with Crippen LogP contribution in [-0.2, 0) is 0 Å². The molecule has 0 atom stereocenters. The van der Waals surface area contributed by atoms with Gasteiger partial charge in [0, 0.05) is 11.4 Å². The molecule has 0 saturated carbocycles. The van der Waals surface area contributed by atoms with Crippen LogP contribution in [0.3, 0.4) is 0 Å². The summed E-state index contributed by atoms with van der Waals surface area (Å²) in [6, 6.07) is 7.89. The third-order valence-electron chi connectivity index (χ3n) is 2.49. The van der Waals surface area contributed by atoms with Gasteiger partial charge in [0.05, 0.1) is 15.7 Å². The van der Waals surface area contributed by atoms with Crippen molar-refractivity contribution in [2.24, 2.45) is 0 Å². The Morgan fingerprint density at radius 3 is 2.28 bits per heavy atom. The molecule has 5 heteroatoms. The molecule has 0 aliphatic carbocycles. The summed E-state index contributed by atoms with van der Waals surface area (Å²) >= 11 is 12.1. The smallest absolute Gasteiger partial charge is 0.126 e. The van der Waals surface area contributed by atoms with E-state index >= 15 is 0 Å². The number of aryl methyl sites for hydroxylation is 1. The molecule has 0 saturated heterocycles. The highest BCUT2D eigenvalue weighted by molar-refractivity contribution is 6.39. The van der Waals surface area contributed by atoms with E-state index in [-0.39, 0.29) is 5.82 Å². The zero-order valence-corrected chi connectivity index (χ0v) is 11.1. The van der Waals surface area contributed by atoms with Gasteiger partial charge in [-0.3, -0.25) is 0 Å². The third-order valence-corrected chi connectivity index (χ3v) is 3.09. The first kappa shape index (κ1) is 13.0. The van der Waals surface area contributed by atoms with Gasteiger partial charge in [0.15, 0.2) is 0 Å². The molecule has 94 valence electrons. The van der Waals surface area contributed by atoms with E-state index in [0.29, 0.717) is 32.7 Å². The van der Waals surface area contributed by atoms with Gasteiger partial charge in [-0.05, 0) is 42.8 Å². The van der Waals surface area contributed by atoms with Crippen LogP contribution in [0.1, 0.15) is 5.56 Å². The zero-order chi connectivity index (χ0) is 13.3. The Bertz CT molecular complexity index is 577. The molecule has 0 aliphatic heterocycles. The van der Waals surface area contributed by atoms with Gasteiger partial charge in [0.25, 0.3) is 0 Å². The van der Waals surface area contributed by atoms with Crippen LogP contribution in [-0.4, -0.2) is 0 Å². The summed E-state index contributed by atoms with van der Waals surface area (Å²) in [6.07, 6.45) is 0. The Morgan fingerprint density at radius 1 is 1.11 bits per heavy atom. The highest BCUT2D eigenvalue weighted by atomic mass is 35.5. The maximum Gasteiger partial charge on any atom is 0.126 e. The Balaban J connectivity index is 2.37. The molecule has 0 amide bonds. The van der Waals surface area contributed by atoms with Crippen molar-refractivity contribution >= 4 is 40.3 Å². The van der Waals surface area contributed by atoms with E-state index in [2.05, 4.69) is 5.32 Å². The molecule has 0 aliphatic rings. The van der Waals surface area contributed by atoms with Gasteiger partial charge in [0.2, 0.25) is 0 Å². The lowest BCUT2D eigenvalue weighted by atomic mass is 10.2. The number of nitrogens with two attached hydrogens (primary N) is 1. The minimum atomic E-state index is -0.255. The Morgan fingerprint density at radius 2 is 1.72 bits per heavy atom. The van der Waals surface area contributed by atoms with E-state index in [1.165, 1.54) is 6.07 Å². The summed E-state index contributed by atoms with van der Waals surface area (Å²) in [6.45, 7) is 1.69. The topological polar surface area (TPSA) is 38.0 Å². The van der Waals surface area contributed by atoms with Crippen molar-refractivity contribution in [3.63, 3.8) is 0 Å². The second-order valence-electron chi connectivity index (χ2n) is 3.95. The number of halogens is 3. The highest BCUT2D eigenvalue weighted by Gasteiger charge is 2.08. The van der Waals surface area contributed by atoms with E-state index in [1.54, 1.807) is 31.2 Å². The Labute approximate surface area is 115 Å². The Kier molecular flexibility index (Phi) is 3.64. The van der Waals surface area contributed by atoms with Gasteiger partial charge in [-0.1, -0.05) is 23.2 Å². The van der Waals surface area contributed by atoms with Gasteiger partial charge in [0.1, 0.15) is 5.82 Å². The fraction of sp³-hybridized carbons (Fsp3) is 0.0769. The number of nitrogens with one attached hydrogen (secondary N) is 1. The monoisotopic (exact) mass is 284 g/mol. The molecule has 0 bridgehead atoms. The Hall–Kier alpha value is -1.45. The van der Waals surface area contributed by atoms with Crippen LogP contribution in [0.4, 0.5) is 21.5 Å². The summed E-state index contributed by atoms with van der Waals surface area (Å²) < 4.78 is 13.2. The minimum Gasteiger partial charge on any atom is -0.399 e. The number of benzene rings is 2. The molecule has 0 aromatic heterocycles. The number of anilines is 3. The molecule has 2 nitrogen and oxygen atoms in total. The summed E-state index contributed by atoms with van der Waals surface area (Å²) in [4.78, 5) is 0. The summed E-state index contributed by atoms with van der Waals surface area (Å²) in [5, 5.41) is 3.89. The summed E-state index contributed by atoms with van der Waals surface area (Å²) in [5.74, 6) is -0.255. The van der Waals surface area contributed by atoms with Crippen LogP contribution >= 0.6 is 23.2 Å². The number of rotatable bonds is 2. The van der Waals surface area contributed by atoms with Crippen LogP contribution in [0, 0.1) is 12.7 Å². The van der Waals surface area contributed by atoms with Gasteiger partial charge in [-0.2, -0.15) is 0 Å². The molecule has 3 N–H and O–H groups in total. The maximum atomic E-state index is 13.2. The maximum absolute atomic E-state index is 13.2. The summed E-state index contributed by atoms with van der Waals surface area (Å²) in [7, 11) is 0. The first-order valence-electron chi connectivity index (χ1n) is 5.25. The predicted octanol–water partition coefficient (Wildman–Crippen LogP) is 4.77. The molecule has 0 heterocycles. The van der Waals surface area contributed by atoms with Gasteiger partial charge in [-0.25, -0.2) is 4.39 Å². The average Bonchev–Trinajstić information content (AvgIpc) is 2.28. The fourth-order valence-electron chi connectivity index (χ4n) is 1.58. The molecular formula is C13H11Cl2FN2. The van der Waals surface area contributed by atoms with Crippen LogP contribution in [0.25, 0.3) is 0 Å². The molecule has 18 heavy (non-hydrogen) atoms. The largest absolute Gasteiger partial charge is 0.399 e. The molecule has 0 fully saturated rings. The fourth-order valence-corrected chi connectivity index (χ4v) is 2.18. The number of hydrogen-bond acceptors (Lipinski definition) is 2. The van der Waals surface area contributed by atoms with Gasteiger partial charge < -0.3 is 11.1 Å². The van der Waals surface area contributed by atoms with E-state index in [9.17, 15) is 4.39 Å².